The van der Waals surface area contributed by atoms with Gasteiger partial charge in [-0.3, -0.25) is 19.0 Å². The summed E-state index contributed by atoms with van der Waals surface area (Å²) < 4.78 is 43.9. The lowest BCUT2D eigenvalue weighted by atomic mass is 9.97. The van der Waals surface area contributed by atoms with Gasteiger partial charge in [-0.1, -0.05) is 29.8 Å². The molecule has 8 nitrogen and oxygen atoms in total. The van der Waals surface area contributed by atoms with Crippen LogP contribution in [0.25, 0.3) is 11.3 Å². The quantitative estimate of drug-likeness (QED) is 0.297. The third-order valence-corrected chi connectivity index (χ3v) is 8.48. The topological polar surface area (TPSA) is 88.7 Å². The maximum atomic E-state index is 14.2. The number of alkyl halides is 3. The number of nitrogens with one attached hydrogen (secondary N) is 1. The lowest BCUT2D eigenvalue weighted by Crippen LogP contribution is -2.46. The maximum absolute atomic E-state index is 14.2. The number of hydrogen-bond acceptors (Lipinski definition) is 4. The SMILES string of the molecule is CNC(=O)c1ccc(-n2c(=O)c3c(n4nc(C)c(CC(C)C)c24)CN(C(=O)c2ccc(Br)c(C(F)(F)F)c2)[C@H](C)C3)cc1. The van der Waals surface area contributed by atoms with Crippen molar-refractivity contribution in [3.8, 4) is 5.69 Å². The molecule has 12 heteroatoms. The van der Waals surface area contributed by atoms with Crippen LogP contribution in [-0.4, -0.2) is 44.0 Å². The minimum atomic E-state index is -4.63. The van der Waals surface area contributed by atoms with E-state index >= 15 is 0 Å². The van der Waals surface area contributed by atoms with Crippen LogP contribution in [-0.2, 0) is 25.6 Å². The first-order chi connectivity index (χ1) is 20.2. The van der Waals surface area contributed by atoms with Gasteiger partial charge in [0.1, 0.15) is 5.65 Å². The number of fused-ring (bicyclic) bond motifs is 3. The molecule has 4 aromatic rings. The summed E-state index contributed by atoms with van der Waals surface area (Å²) >= 11 is 2.93. The highest BCUT2D eigenvalue weighted by Crippen LogP contribution is 2.36. The van der Waals surface area contributed by atoms with E-state index < -0.39 is 23.7 Å². The van der Waals surface area contributed by atoms with E-state index in [9.17, 15) is 27.6 Å². The summed E-state index contributed by atoms with van der Waals surface area (Å²) in [7, 11) is 1.54. The van der Waals surface area contributed by atoms with Crippen LogP contribution in [0.15, 0.2) is 51.7 Å². The summed E-state index contributed by atoms with van der Waals surface area (Å²) in [5.41, 5.74) is 2.90. The number of rotatable bonds is 5. The van der Waals surface area contributed by atoms with Crippen LogP contribution in [0.5, 0.6) is 0 Å². The van der Waals surface area contributed by atoms with E-state index in [0.29, 0.717) is 34.6 Å². The lowest BCUT2D eigenvalue weighted by Gasteiger charge is -2.35. The fraction of sp³-hybridized carbons (Fsp3) is 0.355. The second-order valence-corrected chi connectivity index (χ2v) is 12.1. The summed E-state index contributed by atoms with van der Waals surface area (Å²) in [5, 5.41) is 7.40. The molecule has 1 aliphatic rings. The van der Waals surface area contributed by atoms with Crippen molar-refractivity contribution in [2.45, 2.75) is 59.3 Å². The summed E-state index contributed by atoms with van der Waals surface area (Å²) in [6.45, 7) is 7.77. The molecule has 0 saturated heterocycles. The van der Waals surface area contributed by atoms with Crippen LogP contribution in [0.2, 0.25) is 0 Å². The number of nitrogens with zero attached hydrogens (tertiary/aromatic N) is 4. The monoisotopic (exact) mass is 657 g/mol. The average Bonchev–Trinajstić information content (AvgIpc) is 3.26. The number of aryl methyl sites for hydroxylation is 1. The Kier molecular flexibility index (Phi) is 8.02. The normalized spacial score (nSPS) is 15.2. The lowest BCUT2D eigenvalue weighted by molar-refractivity contribution is -0.138. The zero-order chi connectivity index (χ0) is 31.4. The van der Waals surface area contributed by atoms with Gasteiger partial charge in [-0.15, -0.1) is 0 Å². The van der Waals surface area contributed by atoms with Crippen molar-refractivity contribution in [1.29, 1.82) is 0 Å². The summed E-state index contributed by atoms with van der Waals surface area (Å²) in [6.07, 6.45) is -3.81. The highest BCUT2D eigenvalue weighted by molar-refractivity contribution is 9.10. The zero-order valence-corrected chi connectivity index (χ0v) is 25.9. The number of aromatic nitrogens is 3. The molecule has 0 aliphatic carbocycles. The molecule has 2 aromatic carbocycles. The predicted octanol–water partition coefficient (Wildman–Crippen LogP) is 5.72. The van der Waals surface area contributed by atoms with Gasteiger partial charge in [0.05, 0.1) is 29.2 Å². The van der Waals surface area contributed by atoms with Gasteiger partial charge >= 0.3 is 6.18 Å². The molecule has 43 heavy (non-hydrogen) atoms. The third-order valence-electron chi connectivity index (χ3n) is 7.79. The largest absolute Gasteiger partial charge is 0.417 e. The first kappa shape index (κ1) is 30.5. The molecule has 0 saturated carbocycles. The number of carbonyl (C=O) groups excluding carboxylic acids is 2. The number of benzene rings is 2. The van der Waals surface area contributed by atoms with Crippen LogP contribution in [0.3, 0.4) is 0 Å². The van der Waals surface area contributed by atoms with E-state index in [2.05, 4.69) is 35.1 Å². The van der Waals surface area contributed by atoms with Crippen LogP contribution in [0.1, 0.15) is 69.6 Å². The Labute approximate surface area is 254 Å². The average molecular weight is 659 g/mol. The van der Waals surface area contributed by atoms with E-state index in [1.807, 2.05) is 6.92 Å². The molecule has 0 radical (unpaired) electrons. The van der Waals surface area contributed by atoms with Crippen LogP contribution >= 0.6 is 15.9 Å². The van der Waals surface area contributed by atoms with E-state index in [0.717, 1.165) is 17.3 Å². The van der Waals surface area contributed by atoms with Crippen molar-refractivity contribution in [3.05, 3.63) is 96.5 Å². The molecular formula is C31H31BrF3N5O3. The molecule has 0 bridgehead atoms. The van der Waals surface area contributed by atoms with Crippen molar-refractivity contribution in [2.75, 3.05) is 7.05 Å². The molecule has 1 aliphatic heterocycles. The molecule has 0 fully saturated rings. The summed E-state index contributed by atoms with van der Waals surface area (Å²) in [5.74, 6) is -0.563. The highest BCUT2D eigenvalue weighted by atomic mass is 79.9. The van der Waals surface area contributed by atoms with Gasteiger partial charge in [0, 0.05) is 39.8 Å². The van der Waals surface area contributed by atoms with Gasteiger partial charge in [-0.05, 0) is 75.1 Å². The van der Waals surface area contributed by atoms with Crippen molar-refractivity contribution in [2.24, 2.45) is 5.92 Å². The van der Waals surface area contributed by atoms with Crippen LogP contribution in [0, 0.1) is 12.8 Å². The Morgan fingerprint density at radius 2 is 1.77 bits per heavy atom. The Bertz CT molecular complexity index is 1810. The molecule has 226 valence electrons. The second-order valence-electron chi connectivity index (χ2n) is 11.3. The van der Waals surface area contributed by atoms with Gasteiger partial charge in [-0.25, -0.2) is 4.52 Å². The molecule has 2 aromatic heterocycles. The molecule has 1 N–H and O–H groups in total. The van der Waals surface area contributed by atoms with Gasteiger partial charge < -0.3 is 10.2 Å². The Balaban J connectivity index is 1.68. The summed E-state index contributed by atoms with van der Waals surface area (Å²) in [4.78, 5) is 41.5. The Morgan fingerprint density at radius 1 is 1.12 bits per heavy atom. The van der Waals surface area contributed by atoms with E-state index in [1.54, 1.807) is 47.3 Å². The Morgan fingerprint density at radius 3 is 2.37 bits per heavy atom. The minimum absolute atomic E-state index is 0.00280. The minimum Gasteiger partial charge on any atom is -0.355 e. The number of hydrogen-bond donors (Lipinski definition) is 1. The molecule has 2 amide bonds. The molecule has 1 atom stereocenters. The predicted molar refractivity (Wildman–Crippen MR) is 160 cm³/mol. The number of halogens is 4. The first-order valence-corrected chi connectivity index (χ1v) is 14.7. The third kappa shape index (κ3) is 5.48. The molecular weight excluding hydrogens is 627 g/mol. The Hall–Kier alpha value is -3.93. The van der Waals surface area contributed by atoms with Gasteiger partial charge in [0.2, 0.25) is 0 Å². The standard InChI is InChI=1S/C31H31BrF3N5O3/c1-16(2)12-22-18(4)37-40-26-15-38(29(42)20-8-11-25(32)24(14-20)31(33,34)35)17(3)13-23(26)30(43)39(28(22)40)21-9-6-19(7-10-21)27(41)36-5/h6-11,14,16-17H,12-13,15H2,1-5H3,(H,36,41)/t17-/m1/s1. The smallest absolute Gasteiger partial charge is 0.355 e. The van der Waals surface area contributed by atoms with Crippen molar-refractivity contribution < 1.29 is 22.8 Å². The number of carbonyl (C=O) groups is 2. The first-order valence-electron chi connectivity index (χ1n) is 13.9. The van der Waals surface area contributed by atoms with Crippen molar-refractivity contribution in [3.63, 3.8) is 0 Å². The van der Waals surface area contributed by atoms with E-state index in [-0.39, 0.29) is 40.4 Å². The second kappa shape index (κ2) is 11.3. The summed E-state index contributed by atoms with van der Waals surface area (Å²) in [6, 6.07) is 9.69. The number of amides is 2. The van der Waals surface area contributed by atoms with Crippen LogP contribution < -0.4 is 10.9 Å². The van der Waals surface area contributed by atoms with Crippen molar-refractivity contribution in [1.82, 2.24) is 24.4 Å². The van der Waals surface area contributed by atoms with Gasteiger partial charge in [0.15, 0.2) is 0 Å². The zero-order valence-electron chi connectivity index (χ0n) is 24.3. The molecule has 3 heterocycles. The van der Waals surface area contributed by atoms with E-state index in [1.165, 1.54) is 17.0 Å². The fourth-order valence-corrected chi connectivity index (χ4v) is 6.12. The van der Waals surface area contributed by atoms with Gasteiger partial charge in [0.25, 0.3) is 17.4 Å². The fourth-order valence-electron chi connectivity index (χ4n) is 5.64. The molecule has 0 spiro atoms. The molecule has 5 rings (SSSR count). The van der Waals surface area contributed by atoms with Gasteiger partial charge in [-0.2, -0.15) is 18.3 Å². The van der Waals surface area contributed by atoms with E-state index in [4.69, 9.17) is 5.10 Å². The molecule has 0 unspecified atom stereocenters. The van der Waals surface area contributed by atoms with Crippen LogP contribution in [0.4, 0.5) is 13.2 Å². The van der Waals surface area contributed by atoms with Crippen molar-refractivity contribution >= 4 is 33.4 Å². The highest BCUT2D eigenvalue weighted by Gasteiger charge is 2.36. The maximum Gasteiger partial charge on any atom is 0.417 e.